The van der Waals surface area contributed by atoms with Crippen molar-refractivity contribution in [2.24, 2.45) is 0 Å². The highest BCUT2D eigenvalue weighted by Gasteiger charge is 2.32. The fourth-order valence-electron chi connectivity index (χ4n) is 1.95. The molecule has 0 heterocycles. The molecule has 1 amide bonds. The number of carbonyl (C=O) groups excluding carboxylic acids is 1. The van der Waals surface area contributed by atoms with Crippen molar-refractivity contribution in [2.75, 3.05) is 7.05 Å². The van der Waals surface area contributed by atoms with Crippen molar-refractivity contribution >= 4 is 17.7 Å². The van der Waals surface area contributed by atoms with Crippen molar-refractivity contribution in [1.82, 2.24) is 4.90 Å². The van der Waals surface area contributed by atoms with Crippen LogP contribution in [-0.2, 0) is 16.0 Å². The third-order valence-electron chi connectivity index (χ3n) is 3.11. The van der Waals surface area contributed by atoms with Crippen LogP contribution in [0.4, 0.5) is 10.5 Å². The number of ether oxygens (including phenoxy) is 1. The summed E-state index contributed by atoms with van der Waals surface area (Å²) in [5, 5.41) is 29.8. The Balaban J connectivity index is 3.09. The first-order chi connectivity index (χ1) is 10.9. The predicted octanol–water partition coefficient (Wildman–Crippen LogP) is 2.16. The van der Waals surface area contributed by atoms with Gasteiger partial charge < -0.3 is 14.9 Å². The number of hydrogen-bond donors (Lipinski definition) is 2. The van der Waals surface area contributed by atoms with Crippen LogP contribution >= 0.6 is 0 Å². The number of nitro benzene ring substituents is 1. The summed E-state index contributed by atoms with van der Waals surface area (Å²) in [4.78, 5) is 34.7. The summed E-state index contributed by atoms with van der Waals surface area (Å²) in [7, 11) is 1.25. The van der Waals surface area contributed by atoms with E-state index in [1.165, 1.54) is 19.2 Å². The largest absolute Gasteiger partial charge is 0.508 e. The van der Waals surface area contributed by atoms with Gasteiger partial charge in [-0.15, -0.1) is 0 Å². The molecule has 1 rings (SSSR count). The Morgan fingerprint density at radius 3 is 2.42 bits per heavy atom. The molecule has 1 unspecified atom stereocenters. The minimum absolute atomic E-state index is 0.0839. The number of aliphatic carboxylic acids is 1. The number of amides is 1. The first kappa shape index (κ1) is 19.2. The van der Waals surface area contributed by atoms with E-state index in [0.717, 1.165) is 11.0 Å². The Morgan fingerprint density at radius 1 is 1.38 bits per heavy atom. The van der Waals surface area contributed by atoms with Crippen molar-refractivity contribution in [3.63, 3.8) is 0 Å². The SMILES string of the molecule is CN(C(=O)OC(C)(C)C)C(Cc1ccc(O)cc1[N+](=O)[O-])C(=O)O. The highest BCUT2D eigenvalue weighted by Crippen LogP contribution is 2.26. The van der Waals surface area contributed by atoms with Crippen molar-refractivity contribution in [1.29, 1.82) is 0 Å². The molecule has 24 heavy (non-hydrogen) atoms. The molecule has 2 N–H and O–H groups in total. The maximum absolute atomic E-state index is 12.0. The van der Waals surface area contributed by atoms with Gasteiger partial charge in [-0.2, -0.15) is 0 Å². The summed E-state index contributed by atoms with van der Waals surface area (Å²) < 4.78 is 5.11. The molecular formula is C15H20N2O7. The van der Waals surface area contributed by atoms with Gasteiger partial charge in [-0.05, 0) is 32.9 Å². The Morgan fingerprint density at radius 2 is 1.96 bits per heavy atom. The maximum Gasteiger partial charge on any atom is 0.410 e. The second-order valence-electron chi connectivity index (χ2n) is 6.22. The van der Waals surface area contributed by atoms with Crippen LogP contribution in [0.15, 0.2) is 18.2 Å². The summed E-state index contributed by atoms with van der Waals surface area (Å²) >= 11 is 0. The van der Waals surface area contributed by atoms with Gasteiger partial charge in [-0.25, -0.2) is 9.59 Å². The number of phenols is 1. The number of hydrogen-bond acceptors (Lipinski definition) is 6. The van der Waals surface area contributed by atoms with Crippen LogP contribution in [0.1, 0.15) is 26.3 Å². The van der Waals surface area contributed by atoms with Gasteiger partial charge in [0, 0.05) is 19.0 Å². The molecule has 0 aliphatic carbocycles. The van der Waals surface area contributed by atoms with Crippen molar-refractivity contribution in [3.8, 4) is 5.75 Å². The molecule has 0 radical (unpaired) electrons. The van der Waals surface area contributed by atoms with E-state index < -0.39 is 34.3 Å². The highest BCUT2D eigenvalue weighted by molar-refractivity contribution is 5.80. The number of rotatable bonds is 5. The molecule has 0 aliphatic heterocycles. The molecule has 0 fully saturated rings. The third kappa shape index (κ3) is 5.11. The Bertz CT molecular complexity index is 652. The Hall–Kier alpha value is -2.84. The molecule has 9 nitrogen and oxygen atoms in total. The summed E-state index contributed by atoms with van der Waals surface area (Å²) in [6.07, 6.45) is -1.15. The molecule has 1 aromatic rings. The highest BCUT2D eigenvalue weighted by atomic mass is 16.6. The van der Waals surface area contributed by atoms with Gasteiger partial charge in [0.15, 0.2) is 0 Å². The third-order valence-corrected chi connectivity index (χ3v) is 3.11. The quantitative estimate of drug-likeness (QED) is 0.620. The van der Waals surface area contributed by atoms with E-state index >= 15 is 0 Å². The number of carboxylic acid groups (broad SMARTS) is 1. The van der Waals surface area contributed by atoms with Gasteiger partial charge >= 0.3 is 12.1 Å². The van der Waals surface area contributed by atoms with E-state index in [-0.39, 0.29) is 17.7 Å². The van der Waals surface area contributed by atoms with E-state index in [9.17, 15) is 29.9 Å². The second kappa shape index (κ2) is 7.16. The van der Waals surface area contributed by atoms with Crippen LogP contribution in [0.5, 0.6) is 5.75 Å². The first-order valence-electron chi connectivity index (χ1n) is 7.07. The van der Waals surface area contributed by atoms with Crippen LogP contribution in [0.25, 0.3) is 0 Å². The average molecular weight is 340 g/mol. The molecule has 0 saturated carbocycles. The minimum Gasteiger partial charge on any atom is -0.508 e. The van der Waals surface area contributed by atoms with E-state index in [4.69, 9.17) is 4.74 Å². The summed E-state index contributed by atoms with van der Waals surface area (Å²) in [5.74, 6) is -1.64. The molecule has 0 spiro atoms. The van der Waals surface area contributed by atoms with E-state index in [0.29, 0.717) is 0 Å². The van der Waals surface area contributed by atoms with E-state index in [2.05, 4.69) is 0 Å². The molecule has 0 aromatic heterocycles. The minimum atomic E-state index is -1.36. The molecule has 1 aromatic carbocycles. The Kier molecular flexibility index (Phi) is 5.73. The molecule has 0 bridgehead atoms. The number of nitrogens with zero attached hydrogens (tertiary/aromatic N) is 2. The number of phenolic OH excluding ortho intramolecular Hbond substituents is 1. The lowest BCUT2D eigenvalue weighted by Gasteiger charge is -2.28. The predicted molar refractivity (Wildman–Crippen MR) is 83.9 cm³/mol. The zero-order valence-electron chi connectivity index (χ0n) is 13.8. The number of carboxylic acids is 1. The summed E-state index contributed by atoms with van der Waals surface area (Å²) in [6.45, 7) is 4.91. The second-order valence-corrected chi connectivity index (χ2v) is 6.22. The number of aromatic hydroxyl groups is 1. The summed E-state index contributed by atoms with van der Waals surface area (Å²) in [5.41, 5.74) is -1.14. The van der Waals surface area contributed by atoms with Crippen LogP contribution in [0.2, 0.25) is 0 Å². The van der Waals surface area contributed by atoms with Gasteiger partial charge in [0.1, 0.15) is 17.4 Å². The van der Waals surface area contributed by atoms with Crippen LogP contribution in [0, 0.1) is 10.1 Å². The molecule has 9 heteroatoms. The zero-order chi connectivity index (χ0) is 18.7. The summed E-state index contributed by atoms with van der Waals surface area (Å²) in [6, 6.07) is 2.05. The number of carbonyl (C=O) groups is 2. The lowest BCUT2D eigenvalue weighted by Crippen LogP contribution is -2.46. The smallest absolute Gasteiger partial charge is 0.410 e. The first-order valence-corrected chi connectivity index (χ1v) is 7.07. The zero-order valence-corrected chi connectivity index (χ0v) is 13.8. The average Bonchev–Trinajstić information content (AvgIpc) is 2.42. The topological polar surface area (TPSA) is 130 Å². The normalized spacial score (nSPS) is 12.3. The van der Waals surface area contributed by atoms with Crippen LogP contribution in [0.3, 0.4) is 0 Å². The van der Waals surface area contributed by atoms with Crippen LogP contribution < -0.4 is 0 Å². The number of likely N-dealkylation sites (N-methyl/N-ethyl adjacent to an activating group) is 1. The Labute approximate surface area is 138 Å². The van der Waals surface area contributed by atoms with E-state index in [1.807, 2.05) is 0 Å². The van der Waals surface area contributed by atoms with Crippen molar-refractivity contribution < 1.29 is 29.5 Å². The number of nitro groups is 1. The van der Waals surface area contributed by atoms with Crippen LogP contribution in [-0.4, -0.2) is 50.8 Å². The standard InChI is InChI=1S/C15H20N2O7/c1-15(2,3)24-14(21)16(4)12(13(19)20)7-9-5-6-10(18)8-11(9)17(22)23/h5-6,8,12,18H,7H2,1-4H3,(H,19,20). The van der Waals surface area contributed by atoms with Gasteiger partial charge in [0.2, 0.25) is 0 Å². The monoisotopic (exact) mass is 340 g/mol. The molecule has 132 valence electrons. The van der Waals surface area contributed by atoms with Gasteiger partial charge in [0.05, 0.1) is 11.0 Å². The fraction of sp³-hybridized carbons (Fsp3) is 0.467. The van der Waals surface area contributed by atoms with Crippen molar-refractivity contribution in [2.45, 2.75) is 38.8 Å². The molecule has 1 atom stereocenters. The lowest BCUT2D eigenvalue weighted by atomic mass is 10.0. The maximum atomic E-state index is 12.0. The van der Waals surface area contributed by atoms with Gasteiger partial charge in [-0.1, -0.05) is 0 Å². The van der Waals surface area contributed by atoms with Gasteiger partial charge in [0.25, 0.3) is 5.69 Å². The molecular weight excluding hydrogens is 320 g/mol. The molecule has 0 aliphatic rings. The molecule has 0 saturated heterocycles. The number of benzene rings is 1. The van der Waals surface area contributed by atoms with Crippen molar-refractivity contribution in [3.05, 3.63) is 33.9 Å². The fourth-order valence-corrected chi connectivity index (χ4v) is 1.95. The van der Waals surface area contributed by atoms with Gasteiger partial charge in [-0.3, -0.25) is 15.0 Å². The van der Waals surface area contributed by atoms with E-state index in [1.54, 1.807) is 20.8 Å². The lowest BCUT2D eigenvalue weighted by molar-refractivity contribution is -0.385.